The van der Waals surface area contributed by atoms with Crippen molar-refractivity contribution in [2.75, 3.05) is 13.1 Å². The molecule has 0 amide bonds. The zero-order valence-corrected chi connectivity index (χ0v) is 14.8. The van der Waals surface area contributed by atoms with Gasteiger partial charge in [-0.25, -0.2) is 9.38 Å². The molecule has 2 rings (SSSR count). The van der Waals surface area contributed by atoms with E-state index in [4.69, 9.17) is 9.26 Å². The Kier molecular flexibility index (Phi) is 7.18. The summed E-state index contributed by atoms with van der Waals surface area (Å²) in [7, 11) is 0. The van der Waals surface area contributed by atoms with Gasteiger partial charge >= 0.3 is 0 Å². The number of guanidine groups is 1. The van der Waals surface area contributed by atoms with Gasteiger partial charge in [-0.3, -0.25) is 0 Å². The van der Waals surface area contributed by atoms with Crippen LogP contribution in [0.3, 0.4) is 0 Å². The Balaban J connectivity index is 1.91. The molecule has 1 aromatic carbocycles. The number of hydrogen-bond donors (Lipinski definition) is 2. The molecule has 0 spiro atoms. The molecule has 1 aromatic heterocycles. The van der Waals surface area contributed by atoms with Gasteiger partial charge in [0.05, 0.1) is 6.54 Å². The summed E-state index contributed by atoms with van der Waals surface area (Å²) < 4.78 is 24.1. The second kappa shape index (κ2) is 9.61. The first-order valence-electron chi connectivity index (χ1n) is 8.34. The van der Waals surface area contributed by atoms with Crippen LogP contribution in [0.2, 0.25) is 0 Å². The van der Waals surface area contributed by atoms with Crippen LogP contribution in [-0.4, -0.2) is 35.3 Å². The highest BCUT2D eigenvalue weighted by Crippen LogP contribution is 2.14. The third-order valence-electron chi connectivity index (χ3n) is 3.34. The van der Waals surface area contributed by atoms with Crippen LogP contribution in [0.4, 0.5) is 4.39 Å². The second-order valence-corrected chi connectivity index (χ2v) is 5.42. The quantitative estimate of drug-likeness (QED) is 0.562. The molecule has 1 heterocycles. The predicted molar refractivity (Wildman–Crippen MR) is 93.0 cm³/mol. The summed E-state index contributed by atoms with van der Waals surface area (Å²) in [6, 6.07) is 6.13. The van der Waals surface area contributed by atoms with Crippen molar-refractivity contribution in [1.29, 1.82) is 0 Å². The number of nitrogens with zero attached hydrogens (tertiary/aromatic N) is 3. The number of halogens is 1. The van der Waals surface area contributed by atoms with Gasteiger partial charge in [0.15, 0.2) is 11.8 Å². The van der Waals surface area contributed by atoms with Crippen LogP contribution in [0.25, 0.3) is 0 Å². The maximum absolute atomic E-state index is 13.3. The van der Waals surface area contributed by atoms with Gasteiger partial charge in [0, 0.05) is 12.6 Å². The number of aromatic nitrogens is 2. The summed E-state index contributed by atoms with van der Waals surface area (Å²) >= 11 is 0. The van der Waals surface area contributed by atoms with Crippen LogP contribution in [0, 0.1) is 12.7 Å². The minimum Gasteiger partial charge on any atom is -0.489 e. The molecule has 0 saturated heterocycles. The van der Waals surface area contributed by atoms with Crippen molar-refractivity contribution in [1.82, 2.24) is 20.8 Å². The molecule has 0 radical (unpaired) electrons. The van der Waals surface area contributed by atoms with Crippen LogP contribution in [-0.2, 0) is 6.54 Å². The van der Waals surface area contributed by atoms with Crippen molar-refractivity contribution in [2.45, 2.75) is 39.8 Å². The highest BCUT2D eigenvalue weighted by Gasteiger charge is 2.10. The zero-order valence-electron chi connectivity index (χ0n) is 14.8. The van der Waals surface area contributed by atoms with Gasteiger partial charge in [0.25, 0.3) is 0 Å². The fraction of sp³-hybridized carbons (Fsp3) is 0.471. The van der Waals surface area contributed by atoms with E-state index in [0.29, 0.717) is 30.0 Å². The predicted octanol–water partition coefficient (Wildman–Crippen LogP) is 2.43. The van der Waals surface area contributed by atoms with E-state index in [0.717, 1.165) is 13.0 Å². The fourth-order valence-corrected chi connectivity index (χ4v) is 2.11. The normalized spacial score (nSPS) is 12.7. The average molecular weight is 349 g/mol. The van der Waals surface area contributed by atoms with E-state index in [-0.39, 0.29) is 18.5 Å². The summed E-state index contributed by atoms with van der Waals surface area (Å²) in [4.78, 5) is 8.52. The Labute approximate surface area is 146 Å². The van der Waals surface area contributed by atoms with Crippen molar-refractivity contribution < 1.29 is 13.7 Å². The van der Waals surface area contributed by atoms with E-state index in [1.165, 1.54) is 12.1 Å². The summed E-state index contributed by atoms with van der Waals surface area (Å²) in [6.07, 6.45) is 0.655. The van der Waals surface area contributed by atoms with Gasteiger partial charge in [-0.1, -0.05) is 18.1 Å². The van der Waals surface area contributed by atoms with Crippen molar-refractivity contribution in [3.8, 4) is 5.75 Å². The smallest absolute Gasteiger partial charge is 0.248 e. The lowest BCUT2D eigenvalue weighted by molar-refractivity contribution is 0.198. The van der Waals surface area contributed by atoms with Crippen molar-refractivity contribution in [2.24, 2.45) is 4.99 Å². The molecule has 1 atom stereocenters. The topological polar surface area (TPSA) is 84.6 Å². The molecular formula is C17H24FN5O2. The van der Waals surface area contributed by atoms with Crippen molar-refractivity contribution >= 4 is 5.96 Å². The molecule has 8 heteroatoms. The van der Waals surface area contributed by atoms with Crippen LogP contribution in [0.15, 0.2) is 33.8 Å². The molecule has 0 bridgehead atoms. The molecule has 136 valence electrons. The lowest BCUT2D eigenvalue weighted by Crippen LogP contribution is -2.42. The first-order chi connectivity index (χ1) is 12.1. The molecule has 2 N–H and O–H groups in total. The van der Waals surface area contributed by atoms with Crippen molar-refractivity contribution in [3.05, 3.63) is 41.8 Å². The molecular weight excluding hydrogens is 325 g/mol. The van der Waals surface area contributed by atoms with Gasteiger partial charge in [-0.2, -0.15) is 4.98 Å². The first-order valence-corrected chi connectivity index (χ1v) is 8.34. The molecule has 0 aliphatic rings. The number of rotatable bonds is 8. The van der Waals surface area contributed by atoms with Crippen LogP contribution < -0.4 is 15.4 Å². The largest absolute Gasteiger partial charge is 0.489 e. The molecule has 2 aromatic rings. The lowest BCUT2D eigenvalue weighted by Gasteiger charge is -2.19. The Morgan fingerprint density at radius 3 is 2.84 bits per heavy atom. The SMILES string of the molecule is CCNC(=NCc1nc(C)no1)NCC(CC)Oc1cccc(F)c1. The number of benzene rings is 1. The van der Waals surface area contributed by atoms with E-state index in [1.54, 1.807) is 19.1 Å². The number of aryl methyl sites for hydroxylation is 1. The summed E-state index contributed by atoms with van der Waals surface area (Å²) in [6.45, 7) is 7.29. The van der Waals surface area contributed by atoms with Gasteiger partial charge in [-0.15, -0.1) is 0 Å². The number of ether oxygens (including phenoxy) is 1. The third kappa shape index (κ3) is 6.40. The van der Waals surface area contributed by atoms with Gasteiger partial charge in [0.1, 0.15) is 24.2 Å². The maximum atomic E-state index is 13.3. The number of aliphatic imine (C=N–C) groups is 1. The van der Waals surface area contributed by atoms with Crippen LogP contribution in [0.5, 0.6) is 5.75 Å². The second-order valence-electron chi connectivity index (χ2n) is 5.42. The lowest BCUT2D eigenvalue weighted by atomic mass is 10.2. The summed E-state index contributed by atoms with van der Waals surface area (Å²) in [5.74, 6) is 1.86. The third-order valence-corrected chi connectivity index (χ3v) is 3.34. The summed E-state index contributed by atoms with van der Waals surface area (Å²) in [5, 5.41) is 10.1. The monoisotopic (exact) mass is 349 g/mol. The van der Waals surface area contributed by atoms with Gasteiger partial charge in [0.2, 0.25) is 5.89 Å². The van der Waals surface area contributed by atoms with Crippen LogP contribution in [0.1, 0.15) is 32.0 Å². The van der Waals surface area contributed by atoms with E-state index in [1.807, 2.05) is 13.8 Å². The standard InChI is InChI=1S/C17H24FN5O2/c1-4-14(24-15-8-6-7-13(18)9-15)10-20-17(19-5-2)21-11-16-22-12(3)23-25-16/h6-9,14H,4-5,10-11H2,1-3H3,(H2,19,20,21). The van der Waals surface area contributed by atoms with Gasteiger partial charge < -0.3 is 19.9 Å². The first kappa shape index (κ1) is 18.7. The molecule has 0 fully saturated rings. The molecule has 1 unspecified atom stereocenters. The van der Waals surface area contributed by atoms with E-state index in [9.17, 15) is 4.39 Å². The Morgan fingerprint density at radius 2 is 2.20 bits per heavy atom. The van der Waals surface area contributed by atoms with Crippen molar-refractivity contribution in [3.63, 3.8) is 0 Å². The molecule has 0 aliphatic carbocycles. The minimum absolute atomic E-state index is 0.115. The minimum atomic E-state index is -0.315. The van der Waals surface area contributed by atoms with Gasteiger partial charge in [-0.05, 0) is 32.4 Å². The Morgan fingerprint density at radius 1 is 1.36 bits per heavy atom. The van der Waals surface area contributed by atoms with Crippen LogP contribution >= 0.6 is 0 Å². The average Bonchev–Trinajstić information content (AvgIpc) is 3.01. The Bertz CT molecular complexity index is 689. The van der Waals surface area contributed by atoms with E-state index in [2.05, 4.69) is 25.8 Å². The molecule has 0 saturated carbocycles. The number of hydrogen-bond acceptors (Lipinski definition) is 5. The number of nitrogens with one attached hydrogen (secondary N) is 2. The zero-order chi connectivity index (χ0) is 18.1. The Hall–Kier alpha value is -2.64. The highest BCUT2D eigenvalue weighted by molar-refractivity contribution is 5.79. The highest BCUT2D eigenvalue weighted by atomic mass is 19.1. The van der Waals surface area contributed by atoms with E-state index >= 15 is 0 Å². The summed E-state index contributed by atoms with van der Waals surface area (Å²) in [5.41, 5.74) is 0. The fourth-order valence-electron chi connectivity index (χ4n) is 2.11. The molecule has 25 heavy (non-hydrogen) atoms. The molecule has 7 nitrogen and oxygen atoms in total. The van der Waals surface area contributed by atoms with E-state index < -0.39 is 0 Å². The molecule has 0 aliphatic heterocycles. The maximum Gasteiger partial charge on any atom is 0.248 e.